The molecule has 1 aliphatic rings. The van der Waals surface area contributed by atoms with E-state index < -0.39 is 0 Å². The van der Waals surface area contributed by atoms with E-state index in [0.29, 0.717) is 6.04 Å². The van der Waals surface area contributed by atoms with Gasteiger partial charge in [0.05, 0.1) is 11.3 Å². The van der Waals surface area contributed by atoms with Crippen LogP contribution < -0.4 is 10.9 Å². The number of aromatic amines is 1. The third kappa shape index (κ3) is 1.90. The lowest BCUT2D eigenvalue weighted by Crippen LogP contribution is -2.35. The maximum Gasteiger partial charge on any atom is 0.360 e. The Morgan fingerprint density at radius 3 is 2.93 bits per heavy atom. The highest BCUT2D eigenvalue weighted by molar-refractivity contribution is 5.13. The third-order valence-corrected chi connectivity index (χ3v) is 2.89. The van der Waals surface area contributed by atoms with Crippen LogP contribution in [-0.4, -0.2) is 17.7 Å². The van der Waals surface area contributed by atoms with Crippen LogP contribution in [0.5, 0.6) is 0 Å². The van der Waals surface area contributed by atoms with Crippen LogP contribution in [0.1, 0.15) is 30.5 Å². The smallest absolute Gasteiger partial charge is 0.339 e. The molecule has 1 aromatic heterocycles. The van der Waals surface area contributed by atoms with Crippen molar-refractivity contribution in [3.05, 3.63) is 21.7 Å². The zero-order valence-electron chi connectivity index (χ0n) is 8.43. The first kappa shape index (κ1) is 9.52. The molecule has 0 aliphatic carbocycles. The molecule has 0 aromatic carbocycles. The van der Waals surface area contributed by atoms with Gasteiger partial charge in [0.1, 0.15) is 0 Å². The summed E-state index contributed by atoms with van der Waals surface area (Å²) < 4.78 is 4.73. The summed E-state index contributed by atoms with van der Waals surface area (Å²) in [6.45, 7) is 2.90. The summed E-state index contributed by atoms with van der Waals surface area (Å²) >= 11 is 0. The van der Waals surface area contributed by atoms with Gasteiger partial charge in [0.25, 0.3) is 0 Å². The lowest BCUT2D eigenvalue weighted by atomic mass is 9.99. The zero-order valence-corrected chi connectivity index (χ0v) is 8.43. The molecule has 2 heterocycles. The van der Waals surface area contributed by atoms with E-state index in [0.717, 1.165) is 24.2 Å². The SMILES string of the molecule is Cc1c(CC2CCCCN2)[nH]oc1=O. The Morgan fingerprint density at radius 1 is 1.50 bits per heavy atom. The highest BCUT2D eigenvalue weighted by atomic mass is 16.5. The van der Waals surface area contributed by atoms with Crippen LogP contribution >= 0.6 is 0 Å². The third-order valence-electron chi connectivity index (χ3n) is 2.89. The maximum atomic E-state index is 11.1. The molecule has 1 unspecified atom stereocenters. The normalized spacial score (nSPS) is 22.5. The minimum atomic E-state index is -0.240. The van der Waals surface area contributed by atoms with Gasteiger partial charge in [0.2, 0.25) is 0 Å². The fourth-order valence-electron chi connectivity index (χ4n) is 1.92. The summed E-state index contributed by atoms with van der Waals surface area (Å²) in [4.78, 5) is 11.1. The molecule has 0 amide bonds. The number of nitrogens with one attached hydrogen (secondary N) is 2. The average molecular weight is 196 g/mol. The van der Waals surface area contributed by atoms with Crippen LogP contribution in [0, 0.1) is 6.92 Å². The molecular formula is C10H16N2O2. The number of H-pyrrole nitrogens is 1. The molecular weight excluding hydrogens is 180 g/mol. The van der Waals surface area contributed by atoms with Crippen molar-refractivity contribution in [2.45, 2.75) is 38.6 Å². The number of hydrogen-bond acceptors (Lipinski definition) is 3. The van der Waals surface area contributed by atoms with Crippen LogP contribution in [0.15, 0.2) is 9.32 Å². The predicted molar refractivity (Wildman–Crippen MR) is 53.4 cm³/mol. The fraction of sp³-hybridized carbons (Fsp3) is 0.700. The molecule has 1 aliphatic heterocycles. The molecule has 4 nitrogen and oxygen atoms in total. The second-order valence-electron chi connectivity index (χ2n) is 3.95. The van der Waals surface area contributed by atoms with E-state index >= 15 is 0 Å². The van der Waals surface area contributed by atoms with Gasteiger partial charge in [0.15, 0.2) is 0 Å². The van der Waals surface area contributed by atoms with Crippen molar-refractivity contribution in [2.75, 3.05) is 6.54 Å². The average Bonchev–Trinajstić information content (AvgIpc) is 2.52. The summed E-state index contributed by atoms with van der Waals surface area (Å²) in [5.41, 5.74) is 1.42. The molecule has 1 saturated heterocycles. The molecule has 1 fully saturated rings. The Kier molecular flexibility index (Phi) is 2.72. The molecule has 0 spiro atoms. The van der Waals surface area contributed by atoms with E-state index in [2.05, 4.69) is 10.5 Å². The molecule has 0 radical (unpaired) electrons. The molecule has 1 atom stereocenters. The number of hydrogen-bond donors (Lipinski definition) is 2. The Labute approximate surface area is 82.7 Å². The Morgan fingerprint density at radius 2 is 2.36 bits per heavy atom. The van der Waals surface area contributed by atoms with E-state index in [9.17, 15) is 4.79 Å². The monoisotopic (exact) mass is 196 g/mol. The van der Waals surface area contributed by atoms with Crippen molar-refractivity contribution >= 4 is 0 Å². The van der Waals surface area contributed by atoms with E-state index in [1.807, 2.05) is 0 Å². The summed E-state index contributed by atoms with van der Waals surface area (Å²) in [5.74, 6) is 0. The van der Waals surface area contributed by atoms with Crippen molar-refractivity contribution in [3.8, 4) is 0 Å². The lowest BCUT2D eigenvalue weighted by molar-refractivity contribution is 0.365. The largest absolute Gasteiger partial charge is 0.360 e. The van der Waals surface area contributed by atoms with Gasteiger partial charge in [-0.3, -0.25) is 0 Å². The van der Waals surface area contributed by atoms with Crippen LogP contribution in [0.4, 0.5) is 0 Å². The van der Waals surface area contributed by atoms with Gasteiger partial charge >= 0.3 is 5.63 Å². The molecule has 2 rings (SSSR count). The molecule has 14 heavy (non-hydrogen) atoms. The van der Waals surface area contributed by atoms with Gasteiger partial charge in [0, 0.05) is 12.5 Å². The second-order valence-corrected chi connectivity index (χ2v) is 3.95. The molecule has 2 N–H and O–H groups in total. The van der Waals surface area contributed by atoms with Crippen molar-refractivity contribution in [3.63, 3.8) is 0 Å². The fourth-order valence-corrected chi connectivity index (χ4v) is 1.92. The standard InChI is InChI=1S/C10H16N2O2/c1-7-9(12-14-10(7)13)6-8-4-2-3-5-11-8/h8,11-12H,2-6H2,1H3. The summed E-state index contributed by atoms with van der Waals surface area (Å²) in [6.07, 6.45) is 4.60. The van der Waals surface area contributed by atoms with Crippen molar-refractivity contribution in [2.24, 2.45) is 0 Å². The van der Waals surface area contributed by atoms with E-state index in [1.165, 1.54) is 19.3 Å². The van der Waals surface area contributed by atoms with Crippen LogP contribution in [0.3, 0.4) is 0 Å². The highest BCUT2D eigenvalue weighted by Crippen LogP contribution is 2.12. The Bertz CT molecular complexity index is 347. The molecule has 0 bridgehead atoms. The summed E-state index contributed by atoms with van der Waals surface area (Å²) in [5, 5.41) is 6.13. The first-order valence-corrected chi connectivity index (χ1v) is 5.17. The number of piperidine rings is 1. The second kappa shape index (κ2) is 4.00. The van der Waals surface area contributed by atoms with Crippen LogP contribution in [0.25, 0.3) is 0 Å². The highest BCUT2D eigenvalue weighted by Gasteiger charge is 2.16. The van der Waals surface area contributed by atoms with E-state index in [4.69, 9.17) is 4.52 Å². The van der Waals surface area contributed by atoms with E-state index in [-0.39, 0.29) is 5.63 Å². The topological polar surface area (TPSA) is 58.0 Å². The van der Waals surface area contributed by atoms with Gasteiger partial charge in [-0.1, -0.05) is 6.42 Å². The Balaban J connectivity index is 2.02. The van der Waals surface area contributed by atoms with Gasteiger partial charge in [-0.25, -0.2) is 9.95 Å². The minimum absolute atomic E-state index is 0.240. The summed E-state index contributed by atoms with van der Waals surface area (Å²) in [7, 11) is 0. The van der Waals surface area contributed by atoms with Gasteiger partial charge < -0.3 is 9.84 Å². The van der Waals surface area contributed by atoms with Gasteiger partial charge in [-0.15, -0.1) is 0 Å². The predicted octanol–water partition coefficient (Wildman–Crippen LogP) is 0.961. The maximum absolute atomic E-state index is 11.1. The number of rotatable bonds is 2. The number of aromatic nitrogens is 1. The quantitative estimate of drug-likeness (QED) is 0.740. The van der Waals surface area contributed by atoms with E-state index in [1.54, 1.807) is 6.92 Å². The first-order valence-electron chi connectivity index (χ1n) is 5.17. The van der Waals surface area contributed by atoms with Crippen LogP contribution in [-0.2, 0) is 6.42 Å². The van der Waals surface area contributed by atoms with Crippen LogP contribution in [0.2, 0.25) is 0 Å². The van der Waals surface area contributed by atoms with Crippen molar-refractivity contribution in [1.29, 1.82) is 0 Å². The Hall–Kier alpha value is -1.03. The molecule has 1 aromatic rings. The first-order chi connectivity index (χ1) is 6.77. The lowest BCUT2D eigenvalue weighted by Gasteiger charge is -2.22. The molecule has 0 saturated carbocycles. The van der Waals surface area contributed by atoms with Crippen molar-refractivity contribution in [1.82, 2.24) is 10.5 Å². The zero-order chi connectivity index (χ0) is 9.97. The molecule has 4 heteroatoms. The minimum Gasteiger partial charge on any atom is -0.339 e. The summed E-state index contributed by atoms with van der Waals surface area (Å²) in [6, 6.07) is 0.496. The van der Waals surface area contributed by atoms with Gasteiger partial charge in [-0.2, -0.15) is 0 Å². The van der Waals surface area contributed by atoms with Crippen molar-refractivity contribution < 1.29 is 4.52 Å². The molecule has 78 valence electrons. The van der Waals surface area contributed by atoms with Gasteiger partial charge in [-0.05, 0) is 26.3 Å².